The van der Waals surface area contributed by atoms with Crippen molar-refractivity contribution in [1.29, 1.82) is 0 Å². The van der Waals surface area contributed by atoms with E-state index in [9.17, 15) is 9.18 Å². The molecule has 3 rings (SSSR count). The number of carbonyl (C=O) groups excluding carboxylic acids is 1. The molecule has 0 spiro atoms. The van der Waals surface area contributed by atoms with Crippen LogP contribution in [0.2, 0.25) is 0 Å². The van der Waals surface area contributed by atoms with Crippen molar-refractivity contribution in [3.63, 3.8) is 0 Å². The Morgan fingerprint density at radius 2 is 2.04 bits per heavy atom. The van der Waals surface area contributed by atoms with E-state index in [4.69, 9.17) is 4.74 Å². The van der Waals surface area contributed by atoms with E-state index in [1.54, 1.807) is 30.0 Å². The molecule has 0 aliphatic carbocycles. The first-order valence-corrected chi connectivity index (χ1v) is 6.99. The maximum absolute atomic E-state index is 13.3. The van der Waals surface area contributed by atoms with Gasteiger partial charge in [0.2, 0.25) is 0 Å². The van der Waals surface area contributed by atoms with Crippen LogP contribution in [-0.2, 0) is 6.54 Å². The summed E-state index contributed by atoms with van der Waals surface area (Å²) in [5, 5.41) is 7.91. The standard InChI is InChI=1S/C17H14FN3O2/c1-23-15-7-3-5-13(9-15)17-16(11-22)19-20-21(17)10-12-4-2-6-14(18)8-12/h2-9,11H,10H2,1H3. The molecule has 0 aliphatic rings. The van der Waals surface area contributed by atoms with Crippen LogP contribution in [0.15, 0.2) is 48.5 Å². The van der Waals surface area contributed by atoms with Crippen LogP contribution in [-0.4, -0.2) is 28.4 Å². The molecule has 0 N–H and O–H groups in total. The molecule has 2 aromatic carbocycles. The Morgan fingerprint density at radius 3 is 2.78 bits per heavy atom. The van der Waals surface area contributed by atoms with Gasteiger partial charge >= 0.3 is 0 Å². The molecule has 0 fully saturated rings. The summed E-state index contributed by atoms with van der Waals surface area (Å²) in [6.07, 6.45) is 0.657. The molecule has 0 unspecified atom stereocenters. The lowest BCUT2D eigenvalue weighted by atomic mass is 10.1. The highest BCUT2D eigenvalue weighted by Gasteiger charge is 2.15. The van der Waals surface area contributed by atoms with Crippen molar-refractivity contribution in [3.8, 4) is 17.0 Å². The SMILES string of the molecule is COc1cccc(-c2c(C=O)nnn2Cc2cccc(F)c2)c1. The van der Waals surface area contributed by atoms with E-state index in [0.717, 1.165) is 11.1 Å². The second kappa shape index (κ2) is 6.39. The molecule has 0 saturated heterocycles. The smallest absolute Gasteiger partial charge is 0.172 e. The molecule has 116 valence electrons. The summed E-state index contributed by atoms with van der Waals surface area (Å²) in [6, 6.07) is 13.5. The van der Waals surface area contributed by atoms with Crippen molar-refractivity contribution in [2.45, 2.75) is 6.54 Å². The van der Waals surface area contributed by atoms with Crippen molar-refractivity contribution >= 4 is 6.29 Å². The van der Waals surface area contributed by atoms with Gasteiger partial charge in [0.1, 0.15) is 11.6 Å². The fraction of sp³-hybridized carbons (Fsp3) is 0.118. The summed E-state index contributed by atoms with van der Waals surface area (Å²) in [5.41, 5.74) is 2.29. The van der Waals surface area contributed by atoms with Crippen LogP contribution in [0.3, 0.4) is 0 Å². The van der Waals surface area contributed by atoms with Crippen molar-refractivity contribution in [2.75, 3.05) is 7.11 Å². The molecule has 0 saturated carbocycles. The number of aldehydes is 1. The zero-order valence-corrected chi connectivity index (χ0v) is 12.4. The van der Waals surface area contributed by atoms with Crippen LogP contribution in [0.25, 0.3) is 11.3 Å². The van der Waals surface area contributed by atoms with Crippen LogP contribution in [0.4, 0.5) is 4.39 Å². The van der Waals surface area contributed by atoms with Crippen LogP contribution in [0, 0.1) is 5.82 Å². The lowest BCUT2D eigenvalue weighted by Gasteiger charge is -2.09. The Morgan fingerprint density at radius 1 is 1.22 bits per heavy atom. The van der Waals surface area contributed by atoms with E-state index >= 15 is 0 Å². The number of ether oxygens (including phenoxy) is 1. The average Bonchev–Trinajstić information content (AvgIpc) is 2.97. The van der Waals surface area contributed by atoms with E-state index in [1.165, 1.54) is 12.1 Å². The fourth-order valence-electron chi connectivity index (χ4n) is 2.39. The third-order valence-corrected chi connectivity index (χ3v) is 3.44. The zero-order chi connectivity index (χ0) is 16.2. The van der Waals surface area contributed by atoms with Gasteiger partial charge < -0.3 is 4.74 Å². The van der Waals surface area contributed by atoms with Crippen LogP contribution >= 0.6 is 0 Å². The second-order valence-corrected chi connectivity index (χ2v) is 4.96. The minimum atomic E-state index is -0.318. The zero-order valence-electron chi connectivity index (χ0n) is 12.4. The molecule has 1 aromatic heterocycles. The molecule has 6 heteroatoms. The Kier molecular flexibility index (Phi) is 4.14. The first kappa shape index (κ1) is 14.9. The first-order valence-electron chi connectivity index (χ1n) is 6.99. The minimum absolute atomic E-state index is 0.231. The van der Waals surface area contributed by atoms with E-state index in [0.29, 0.717) is 24.3 Å². The van der Waals surface area contributed by atoms with Crippen LogP contribution in [0.5, 0.6) is 5.75 Å². The Labute approximate surface area is 132 Å². The maximum atomic E-state index is 13.3. The van der Waals surface area contributed by atoms with Crippen molar-refractivity contribution in [1.82, 2.24) is 15.0 Å². The van der Waals surface area contributed by atoms with E-state index in [2.05, 4.69) is 10.3 Å². The molecule has 3 aromatic rings. The highest BCUT2D eigenvalue weighted by Crippen LogP contribution is 2.26. The van der Waals surface area contributed by atoms with Crippen molar-refractivity contribution in [3.05, 3.63) is 65.6 Å². The lowest BCUT2D eigenvalue weighted by Crippen LogP contribution is -2.05. The van der Waals surface area contributed by atoms with Gasteiger partial charge in [-0.3, -0.25) is 4.79 Å². The summed E-state index contributed by atoms with van der Waals surface area (Å²) >= 11 is 0. The molecule has 0 radical (unpaired) electrons. The number of aromatic nitrogens is 3. The number of methoxy groups -OCH3 is 1. The number of hydrogen-bond acceptors (Lipinski definition) is 4. The number of hydrogen-bond donors (Lipinski definition) is 0. The molecule has 23 heavy (non-hydrogen) atoms. The number of halogens is 1. The first-order chi connectivity index (χ1) is 11.2. The predicted octanol–water partition coefficient (Wildman–Crippen LogP) is 2.95. The highest BCUT2D eigenvalue weighted by atomic mass is 19.1. The van der Waals surface area contributed by atoms with Gasteiger partial charge in [-0.1, -0.05) is 29.5 Å². The topological polar surface area (TPSA) is 57.0 Å². The second-order valence-electron chi connectivity index (χ2n) is 4.96. The summed E-state index contributed by atoms with van der Waals surface area (Å²) in [4.78, 5) is 11.3. The van der Waals surface area contributed by atoms with Gasteiger partial charge in [0.25, 0.3) is 0 Å². The van der Waals surface area contributed by atoms with E-state index in [-0.39, 0.29) is 11.5 Å². The van der Waals surface area contributed by atoms with Gasteiger partial charge in [0, 0.05) is 5.56 Å². The van der Waals surface area contributed by atoms with E-state index < -0.39 is 0 Å². The maximum Gasteiger partial charge on any atom is 0.172 e. The summed E-state index contributed by atoms with van der Waals surface area (Å²) in [6.45, 7) is 0.311. The quantitative estimate of drug-likeness (QED) is 0.680. The normalized spacial score (nSPS) is 10.5. The van der Waals surface area contributed by atoms with Crippen LogP contribution < -0.4 is 4.74 Å². The minimum Gasteiger partial charge on any atom is -0.497 e. The third-order valence-electron chi connectivity index (χ3n) is 3.44. The summed E-state index contributed by atoms with van der Waals surface area (Å²) in [5.74, 6) is 0.346. The van der Waals surface area contributed by atoms with Gasteiger partial charge in [-0.05, 0) is 29.8 Å². The molecule has 0 atom stereocenters. The Balaban J connectivity index is 2.05. The molecule has 0 amide bonds. The largest absolute Gasteiger partial charge is 0.497 e. The molecule has 0 bridgehead atoms. The number of rotatable bonds is 5. The summed E-state index contributed by atoms with van der Waals surface area (Å²) in [7, 11) is 1.57. The average molecular weight is 311 g/mol. The number of benzene rings is 2. The van der Waals surface area contributed by atoms with Gasteiger partial charge in [-0.15, -0.1) is 5.10 Å². The van der Waals surface area contributed by atoms with Gasteiger partial charge in [0.15, 0.2) is 12.0 Å². The molecule has 1 heterocycles. The van der Waals surface area contributed by atoms with E-state index in [1.807, 2.05) is 18.2 Å². The van der Waals surface area contributed by atoms with Crippen molar-refractivity contribution in [2.24, 2.45) is 0 Å². The lowest BCUT2D eigenvalue weighted by molar-refractivity contribution is 0.111. The van der Waals surface area contributed by atoms with Crippen molar-refractivity contribution < 1.29 is 13.9 Å². The summed E-state index contributed by atoms with van der Waals surface area (Å²) < 4.78 is 20.1. The van der Waals surface area contributed by atoms with Crippen LogP contribution in [0.1, 0.15) is 16.1 Å². The van der Waals surface area contributed by atoms with Gasteiger partial charge in [-0.2, -0.15) is 0 Å². The molecule has 0 aliphatic heterocycles. The van der Waals surface area contributed by atoms with Gasteiger partial charge in [-0.25, -0.2) is 9.07 Å². The number of nitrogens with zero attached hydrogens (tertiary/aromatic N) is 3. The highest BCUT2D eigenvalue weighted by molar-refractivity contribution is 5.83. The molecular formula is C17H14FN3O2. The fourth-order valence-corrected chi connectivity index (χ4v) is 2.39. The Bertz CT molecular complexity index is 845. The number of carbonyl (C=O) groups is 1. The predicted molar refractivity (Wildman–Crippen MR) is 82.9 cm³/mol. The Hall–Kier alpha value is -3.02. The molecular weight excluding hydrogens is 297 g/mol. The molecule has 5 nitrogen and oxygen atoms in total. The monoisotopic (exact) mass is 311 g/mol. The third kappa shape index (κ3) is 3.11. The van der Waals surface area contributed by atoms with Gasteiger partial charge in [0.05, 0.1) is 19.3 Å².